The number of carboxylic acid groups (broad SMARTS) is 1. The lowest BCUT2D eigenvalue weighted by atomic mass is 9.91. The van der Waals surface area contributed by atoms with Crippen molar-refractivity contribution in [2.75, 3.05) is 0 Å². The first-order chi connectivity index (χ1) is 14.9. The van der Waals surface area contributed by atoms with Crippen molar-refractivity contribution in [1.82, 2.24) is 5.32 Å². The lowest BCUT2D eigenvalue weighted by molar-refractivity contribution is -0.144. The predicted octanol–water partition coefficient (Wildman–Crippen LogP) is 4.44. The van der Waals surface area contributed by atoms with Crippen LogP contribution in [0.5, 0.6) is 0 Å². The lowest BCUT2D eigenvalue weighted by Crippen LogP contribution is -2.45. The highest BCUT2D eigenvalue weighted by molar-refractivity contribution is 5.92. The zero-order valence-corrected chi connectivity index (χ0v) is 18.4. The fourth-order valence-corrected chi connectivity index (χ4v) is 3.62. The van der Waals surface area contributed by atoms with Crippen LogP contribution in [-0.4, -0.2) is 28.8 Å². The van der Waals surface area contributed by atoms with Gasteiger partial charge < -0.3 is 10.4 Å². The third-order valence-corrected chi connectivity index (χ3v) is 5.52. The van der Waals surface area contributed by atoms with Crippen molar-refractivity contribution in [2.24, 2.45) is 11.8 Å². The molecule has 1 amide bonds. The second-order valence-corrected chi connectivity index (χ2v) is 8.19. The molecule has 0 saturated heterocycles. The van der Waals surface area contributed by atoms with E-state index in [4.69, 9.17) is 0 Å². The van der Waals surface area contributed by atoms with Crippen molar-refractivity contribution >= 4 is 17.7 Å². The topological polar surface area (TPSA) is 83.5 Å². The van der Waals surface area contributed by atoms with Gasteiger partial charge in [-0.25, -0.2) is 0 Å². The Labute approximate surface area is 184 Å². The van der Waals surface area contributed by atoms with Gasteiger partial charge in [0.25, 0.3) is 0 Å². The third-order valence-electron chi connectivity index (χ3n) is 5.52. The van der Waals surface area contributed by atoms with Gasteiger partial charge in [0.2, 0.25) is 5.91 Å². The molecule has 166 valence electrons. The van der Waals surface area contributed by atoms with Gasteiger partial charge in [0.05, 0.1) is 12.0 Å². The van der Waals surface area contributed by atoms with Gasteiger partial charge in [-0.15, -0.1) is 0 Å². The molecule has 5 nitrogen and oxygen atoms in total. The quantitative estimate of drug-likeness (QED) is 0.499. The number of carbonyl (C=O) groups is 3. The van der Waals surface area contributed by atoms with Crippen LogP contribution in [0.1, 0.15) is 50.7 Å². The molecular weight excluding hydrogens is 390 g/mol. The van der Waals surface area contributed by atoms with Gasteiger partial charge in [0.15, 0.2) is 5.78 Å². The normalized spacial score (nSPS) is 13.7. The Hall–Kier alpha value is -2.95. The first-order valence-corrected chi connectivity index (χ1v) is 11.0. The van der Waals surface area contributed by atoms with Crippen LogP contribution >= 0.6 is 0 Å². The molecule has 2 N–H and O–H groups in total. The predicted molar refractivity (Wildman–Crippen MR) is 122 cm³/mol. The summed E-state index contributed by atoms with van der Waals surface area (Å²) in [6.45, 7) is 3.83. The summed E-state index contributed by atoms with van der Waals surface area (Å²) in [7, 11) is 0. The van der Waals surface area contributed by atoms with Crippen molar-refractivity contribution in [3.63, 3.8) is 0 Å². The average Bonchev–Trinajstić information content (AvgIpc) is 2.77. The highest BCUT2D eigenvalue weighted by atomic mass is 16.4. The fourth-order valence-electron chi connectivity index (χ4n) is 3.62. The van der Waals surface area contributed by atoms with E-state index in [1.165, 1.54) is 0 Å². The molecule has 0 aliphatic carbocycles. The van der Waals surface area contributed by atoms with E-state index in [1.54, 1.807) is 0 Å². The molecule has 3 atom stereocenters. The Balaban J connectivity index is 2.10. The Morgan fingerprint density at radius 3 is 1.97 bits per heavy atom. The van der Waals surface area contributed by atoms with Crippen molar-refractivity contribution in [3.05, 3.63) is 71.8 Å². The molecule has 5 heteroatoms. The van der Waals surface area contributed by atoms with E-state index >= 15 is 0 Å². The summed E-state index contributed by atoms with van der Waals surface area (Å²) < 4.78 is 0. The number of carboxylic acids is 1. The summed E-state index contributed by atoms with van der Waals surface area (Å²) >= 11 is 0. The van der Waals surface area contributed by atoms with Crippen LogP contribution in [0, 0.1) is 11.8 Å². The van der Waals surface area contributed by atoms with Crippen molar-refractivity contribution in [3.8, 4) is 0 Å². The highest BCUT2D eigenvalue weighted by Crippen LogP contribution is 2.17. The maximum absolute atomic E-state index is 13.1. The molecule has 0 bridgehead atoms. The minimum Gasteiger partial charge on any atom is -0.481 e. The van der Waals surface area contributed by atoms with Gasteiger partial charge >= 0.3 is 5.97 Å². The van der Waals surface area contributed by atoms with E-state index < -0.39 is 17.9 Å². The molecule has 31 heavy (non-hydrogen) atoms. The number of benzene rings is 2. The lowest BCUT2D eigenvalue weighted by Gasteiger charge is -2.22. The summed E-state index contributed by atoms with van der Waals surface area (Å²) in [5.74, 6) is -2.40. The second kappa shape index (κ2) is 12.7. The van der Waals surface area contributed by atoms with Crippen LogP contribution < -0.4 is 5.32 Å². The monoisotopic (exact) mass is 423 g/mol. The molecular formula is C26H33NO4. The van der Waals surface area contributed by atoms with Crippen molar-refractivity contribution < 1.29 is 19.5 Å². The summed E-state index contributed by atoms with van der Waals surface area (Å²) in [6, 6.07) is 18.5. The van der Waals surface area contributed by atoms with Crippen LogP contribution in [0.4, 0.5) is 0 Å². The van der Waals surface area contributed by atoms with Gasteiger partial charge in [0.1, 0.15) is 0 Å². The number of amides is 1. The number of carbonyl (C=O) groups excluding carboxylic acids is 2. The minimum atomic E-state index is -0.955. The maximum Gasteiger partial charge on any atom is 0.306 e. The van der Waals surface area contributed by atoms with E-state index in [2.05, 4.69) is 5.32 Å². The molecule has 0 spiro atoms. The minimum absolute atomic E-state index is 0.0693. The SMILES string of the molecule is CCCC[C@@H](CC(=O)[C@@H](Cc1ccccc1)NC(=O)[C@H](C)Cc1ccccc1)C(=O)O. The van der Waals surface area contributed by atoms with E-state index in [9.17, 15) is 19.5 Å². The summed E-state index contributed by atoms with van der Waals surface area (Å²) in [5.41, 5.74) is 1.99. The van der Waals surface area contributed by atoms with Gasteiger partial charge in [-0.3, -0.25) is 14.4 Å². The van der Waals surface area contributed by atoms with Gasteiger partial charge in [-0.05, 0) is 30.4 Å². The molecule has 2 aromatic carbocycles. The number of hydrogen-bond acceptors (Lipinski definition) is 3. The molecule has 2 rings (SSSR count). The Bertz CT molecular complexity index is 835. The van der Waals surface area contributed by atoms with Crippen LogP contribution in [-0.2, 0) is 27.2 Å². The summed E-state index contributed by atoms with van der Waals surface area (Å²) in [6.07, 6.45) is 2.96. The number of Topliss-reactive ketones (excluding diaryl/α,β-unsaturated/α-hetero) is 1. The molecule has 0 radical (unpaired) electrons. The first kappa shape index (κ1) is 24.3. The van der Waals surface area contributed by atoms with E-state index in [0.717, 1.165) is 24.0 Å². The molecule has 0 unspecified atom stereocenters. The molecule has 2 aromatic rings. The molecule has 0 saturated carbocycles. The van der Waals surface area contributed by atoms with Gasteiger partial charge in [-0.2, -0.15) is 0 Å². The first-order valence-electron chi connectivity index (χ1n) is 11.0. The van der Waals surface area contributed by atoms with Gasteiger partial charge in [-0.1, -0.05) is 87.4 Å². The van der Waals surface area contributed by atoms with Gasteiger partial charge in [0, 0.05) is 12.3 Å². The summed E-state index contributed by atoms with van der Waals surface area (Å²) in [4.78, 5) is 37.5. The van der Waals surface area contributed by atoms with E-state index in [1.807, 2.05) is 74.5 Å². The molecule has 0 heterocycles. The van der Waals surface area contributed by atoms with Crippen LogP contribution in [0.2, 0.25) is 0 Å². The van der Waals surface area contributed by atoms with Crippen LogP contribution in [0.25, 0.3) is 0 Å². The molecule has 0 aliphatic heterocycles. The van der Waals surface area contributed by atoms with E-state index in [0.29, 0.717) is 19.3 Å². The third kappa shape index (κ3) is 8.36. The van der Waals surface area contributed by atoms with Crippen LogP contribution in [0.3, 0.4) is 0 Å². The zero-order valence-electron chi connectivity index (χ0n) is 18.4. The molecule has 0 aliphatic rings. The highest BCUT2D eigenvalue weighted by Gasteiger charge is 2.28. The number of aliphatic carboxylic acids is 1. The fraction of sp³-hybridized carbons (Fsp3) is 0.423. The molecule has 0 fully saturated rings. The second-order valence-electron chi connectivity index (χ2n) is 8.19. The van der Waals surface area contributed by atoms with Crippen molar-refractivity contribution in [1.29, 1.82) is 0 Å². The maximum atomic E-state index is 13.1. The average molecular weight is 424 g/mol. The smallest absolute Gasteiger partial charge is 0.306 e. The number of hydrogen-bond donors (Lipinski definition) is 2. The standard InChI is InChI=1S/C26H33NO4/c1-3-4-15-22(26(30)31)18-24(28)23(17-21-13-9-6-10-14-21)27-25(29)19(2)16-20-11-7-5-8-12-20/h5-14,19,22-23H,3-4,15-18H2,1-2H3,(H,27,29)(H,30,31)/t19-,22+,23-/m1/s1. The number of ketones is 1. The van der Waals surface area contributed by atoms with Crippen molar-refractivity contribution in [2.45, 2.75) is 58.4 Å². The largest absolute Gasteiger partial charge is 0.481 e. The number of rotatable bonds is 13. The Morgan fingerprint density at radius 1 is 0.903 bits per heavy atom. The Kier molecular flexibility index (Phi) is 9.95. The summed E-state index contributed by atoms with van der Waals surface area (Å²) in [5, 5.41) is 12.4. The number of nitrogens with one attached hydrogen (secondary N) is 1. The van der Waals surface area contributed by atoms with E-state index in [-0.39, 0.29) is 24.0 Å². The zero-order chi connectivity index (χ0) is 22.6. The van der Waals surface area contributed by atoms with Crippen LogP contribution in [0.15, 0.2) is 60.7 Å². The Morgan fingerprint density at radius 2 is 1.45 bits per heavy atom. The number of unbranched alkanes of at least 4 members (excludes halogenated alkanes) is 1. The molecule has 0 aromatic heterocycles.